The molecular formula is C12H15ClO. The Morgan fingerprint density at radius 2 is 2.14 bits per heavy atom. The van der Waals surface area contributed by atoms with Gasteiger partial charge in [-0.3, -0.25) is 0 Å². The highest BCUT2D eigenvalue weighted by atomic mass is 35.5. The van der Waals surface area contributed by atoms with Crippen molar-refractivity contribution in [3.63, 3.8) is 0 Å². The van der Waals surface area contributed by atoms with E-state index in [2.05, 4.69) is 19.9 Å². The van der Waals surface area contributed by atoms with Crippen LogP contribution in [-0.4, -0.2) is 6.61 Å². The minimum Gasteiger partial charge on any atom is -0.493 e. The van der Waals surface area contributed by atoms with Crippen LogP contribution in [0.25, 0.3) is 0 Å². The molecule has 1 aliphatic rings. The summed E-state index contributed by atoms with van der Waals surface area (Å²) >= 11 is 6.14. The van der Waals surface area contributed by atoms with E-state index in [0.717, 1.165) is 30.2 Å². The lowest BCUT2D eigenvalue weighted by molar-refractivity contribution is 0.284. The molecule has 0 atom stereocenters. The summed E-state index contributed by atoms with van der Waals surface area (Å²) in [6, 6.07) is 4.07. The van der Waals surface area contributed by atoms with Gasteiger partial charge in [0, 0.05) is 10.6 Å². The van der Waals surface area contributed by atoms with E-state index < -0.39 is 0 Å². The summed E-state index contributed by atoms with van der Waals surface area (Å²) in [7, 11) is 0. The van der Waals surface area contributed by atoms with Crippen LogP contribution in [0.3, 0.4) is 0 Å². The van der Waals surface area contributed by atoms with E-state index in [4.69, 9.17) is 16.3 Å². The van der Waals surface area contributed by atoms with Gasteiger partial charge in [0.25, 0.3) is 0 Å². The first kappa shape index (κ1) is 9.85. The molecule has 2 heteroatoms. The quantitative estimate of drug-likeness (QED) is 0.686. The zero-order chi connectivity index (χ0) is 10.1. The molecule has 1 aromatic carbocycles. The number of halogens is 1. The lowest BCUT2D eigenvalue weighted by Crippen LogP contribution is -2.11. The minimum absolute atomic E-state index is 0.499. The monoisotopic (exact) mass is 210 g/mol. The van der Waals surface area contributed by atoms with Crippen molar-refractivity contribution >= 4 is 11.6 Å². The molecule has 0 saturated heterocycles. The maximum atomic E-state index is 6.14. The first-order valence-electron chi connectivity index (χ1n) is 5.14. The molecule has 0 bridgehead atoms. The summed E-state index contributed by atoms with van der Waals surface area (Å²) in [4.78, 5) is 0. The lowest BCUT2D eigenvalue weighted by atomic mass is 9.96. The van der Waals surface area contributed by atoms with Gasteiger partial charge in [0.2, 0.25) is 0 Å². The molecule has 0 unspecified atom stereocenters. The molecule has 2 rings (SSSR count). The predicted octanol–water partition coefficient (Wildman–Crippen LogP) is 3.79. The SMILES string of the molecule is CC(C)c1ccc(Cl)c2c1OCCC2. The molecule has 0 aromatic heterocycles. The maximum absolute atomic E-state index is 6.14. The molecule has 1 aliphatic heterocycles. The van der Waals surface area contributed by atoms with Crippen molar-refractivity contribution < 1.29 is 4.74 Å². The average molecular weight is 211 g/mol. The second-order valence-electron chi connectivity index (χ2n) is 4.05. The Balaban J connectivity index is 2.53. The number of benzene rings is 1. The molecule has 0 saturated carbocycles. The summed E-state index contributed by atoms with van der Waals surface area (Å²) in [6.45, 7) is 5.19. The van der Waals surface area contributed by atoms with Crippen molar-refractivity contribution in [3.05, 3.63) is 28.3 Å². The summed E-state index contributed by atoms with van der Waals surface area (Å²) in [5.41, 5.74) is 2.48. The van der Waals surface area contributed by atoms with Gasteiger partial charge < -0.3 is 4.74 Å². The van der Waals surface area contributed by atoms with Gasteiger partial charge in [-0.1, -0.05) is 31.5 Å². The standard InChI is InChI=1S/C12H15ClO/c1-8(2)9-5-6-11(13)10-4-3-7-14-12(9)10/h5-6,8H,3-4,7H2,1-2H3. The Bertz CT molecular complexity index is 344. The van der Waals surface area contributed by atoms with Gasteiger partial charge >= 0.3 is 0 Å². The summed E-state index contributed by atoms with van der Waals surface area (Å²) in [5.74, 6) is 1.54. The van der Waals surface area contributed by atoms with Gasteiger partial charge in [0.15, 0.2) is 0 Å². The van der Waals surface area contributed by atoms with Gasteiger partial charge in [0.05, 0.1) is 6.61 Å². The fourth-order valence-corrected chi connectivity index (χ4v) is 2.15. The van der Waals surface area contributed by atoms with Crippen LogP contribution in [0.1, 0.15) is 37.3 Å². The number of hydrogen-bond donors (Lipinski definition) is 0. The van der Waals surface area contributed by atoms with E-state index in [9.17, 15) is 0 Å². The van der Waals surface area contributed by atoms with Crippen molar-refractivity contribution in [1.29, 1.82) is 0 Å². The normalized spacial score (nSPS) is 15.1. The number of ether oxygens (including phenoxy) is 1. The van der Waals surface area contributed by atoms with Crippen LogP contribution in [0.15, 0.2) is 12.1 Å². The number of hydrogen-bond acceptors (Lipinski definition) is 1. The summed E-state index contributed by atoms with van der Waals surface area (Å²) < 4.78 is 5.71. The third kappa shape index (κ3) is 1.61. The van der Waals surface area contributed by atoms with E-state index in [1.807, 2.05) is 6.07 Å². The maximum Gasteiger partial charge on any atom is 0.127 e. The third-order valence-electron chi connectivity index (χ3n) is 2.67. The Hall–Kier alpha value is -0.690. The molecule has 1 heterocycles. The van der Waals surface area contributed by atoms with Crippen LogP contribution in [0, 0.1) is 0 Å². The first-order valence-corrected chi connectivity index (χ1v) is 5.52. The van der Waals surface area contributed by atoms with Gasteiger partial charge in [-0.25, -0.2) is 0 Å². The zero-order valence-electron chi connectivity index (χ0n) is 8.64. The average Bonchev–Trinajstić information content (AvgIpc) is 2.18. The summed E-state index contributed by atoms with van der Waals surface area (Å²) in [5, 5.41) is 0.851. The fourth-order valence-electron chi connectivity index (χ4n) is 1.90. The Labute approximate surface area is 90.0 Å². The smallest absolute Gasteiger partial charge is 0.127 e. The minimum atomic E-state index is 0.499. The van der Waals surface area contributed by atoms with Crippen molar-refractivity contribution in [3.8, 4) is 5.75 Å². The van der Waals surface area contributed by atoms with E-state index in [1.54, 1.807) is 0 Å². The largest absolute Gasteiger partial charge is 0.493 e. The predicted molar refractivity (Wildman–Crippen MR) is 59.4 cm³/mol. The van der Waals surface area contributed by atoms with Gasteiger partial charge in [-0.2, -0.15) is 0 Å². The molecular weight excluding hydrogens is 196 g/mol. The van der Waals surface area contributed by atoms with E-state index in [1.165, 1.54) is 11.1 Å². The highest BCUT2D eigenvalue weighted by Crippen LogP contribution is 2.37. The van der Waals surface area contributed by atoms with Crippen molar-refractivity contribution in [2.24, 2.45) is 0 Å². The Morgan fingerprint density at radius 1 is 1.36 bits per heavy atom. The van der Waals surface area contributed by atoms with Gasteiger partial charge in [-0.05, 0) is 30.4 Å². The van der Waals surface area contributed by atoms with Crippen molar-refractivity contribution in [1.82, 2.24) is 0 Å². The molecule has 76 valence electrons. The number of fused-ring (bicyclic) bond motifs is 1. The van der Waals surface area contributed by atoms with E-state index in [-0.39, 0.29) is 0 Å². The van der Waals surface area contributed by atoms with Crippen LogP contribution >= 0.6 is 11.6 Å². The van der Waals surface area contributed by atoms with Crippen LogP contribution in [-0.2, 0) is 6.42 Å². The molecule has 0 spiro atoms. The topological polar surface area (TPSA) is 9.23 Å². The molecule has 0 amide bonds. The lowest BCUT2D eigenvalue weighted by Gasteiger charge is -2.22. The second kappa shape index (κ2) is 3.82. The van der Waals surface area contributed by atoms with E-state index in [0.29, 0.717) is 5.92 Å². The first-order chi connectivity index (χ1) is 6.70. The Kier molecular flexibility index (Phi) is 2.69. The van der Waals surface area contributed by atoms with Crippen LogP contribution < -0.4 is 4.74 Å². The van der Waals surface area contributed by atoms with Crippen molar-refractivity contribution in [2.45, 2.75) is 32.6 Å². The van der Waals surface area contributed by atoms with Crippen molar-refractivity contribution in [2.75, 3.05) is 6.61 Å². The van der Waals surface area contributed by atoms with Gasteiger partial charge in [-0.15, -0.1) is 0 Å². The molecule has 0 radical (unpaired) electrons. The highest BCUT2D eigenvalue weighted by Gasteiger charge is 2.18. The molecule has 0 N–H and O–H groups in total. The molecule has 0 fully saturated rings. The summed E-state index contributed by atoms with van der Waals surface area (Å²) in [6.07, 6.45) is 2.13. The molecule has 14 heavy (non-hydrogen) atoms. The van der Waals surface area contributed by atoms with Crippen LogP contribution in [0.5, 0.6) is 5.75 Å². The zero-order valence-corrected chi connectivity index (χ0v) is 9.40. The highest BCUT2D eigenvalue weighted by molar-refractivity contribution is 6.31. The molecule has 1 aromatic rings. The fraction of sp³-hybridized carbons (Fsp3) is 0.500. The second-order valence-corrected chi connectivity index (χ2v) is 4.46. The molecule has 0 aliphatic carbocycles. The molecule has 1 nitrogen and oxygen atoms in total. The van der Waals surface area contributed by atoms with E-state index >= 15 is 0 Å². The van der Waals surface area contributed by atoms with Gasteiger partial charge in [0.1, 0.15) is 5.75 Å². The third-order valence-corrected chi connectivity index (χ3v) is 3.03. The van der Waals surface area contributed by atoms with Crippen LogP contribution in [0.2, 0.25) is 5.02 Å². The Morgan fingerprint density at radius 3 is 2.86 bits per heavy atom. The number of rotatable bonds is 1. The van der Waals surface area contributed by atoms with Crippen LogP contribution in [0.4, 0.5) is 0 Å².